The molecule has 1 aromatic carbocycles. The summed E-state index contributed by atoms with van der Waals surface area (Å²) in [5.74, 6) is 0. The number of benzene rings is 1. The molecule has 0 bridgehead atoms. The molecule has 0 aliphatic carbocycles. The van der Waals surface area contributed by atoms with E-state index in [1.54, 1.807) is 14.2 Å². The number of halogens is 1. The van der Waals surface area contributed by atoms with Crippen molar-refractivity contribution in [2.45, 2.75) is 26.1 Å². The molecule has 20 heavy (non-hydrogen) atoms. The maximum atomic E-state index is 6.32. The van der Waals surface area contributed by atoms with Crippen molar-refractivity contribution in [3.63, 3.8) is 0 Å². The zero-order valence-corrected chi connectivity index (χ0v) is 13.3. The Morgan fingerprint density at radius 1 is 1.30 bits per heavy atom. The van der Waals surface area contributed by atoms with Crippen molar-refractivity contribution >= 4 is 11.6 Å². The van der Waals surface area contributed by atoms with Crippen molar-refractivity contribution < 1.29 is 9.47 Å². The lowest BCUT2D eigenvalue weighted by molar-refractivity contribution is 0.0705. The predicted octanol–water partition coefficient (Wildman–Crippen LogP) is 2.28. The molecule has 0 heterocycles. The summed E-state index contributed by atoms with van der Waals surface area (Å²) in [5.41, 5.74) is 7.77. The molecule has 0 radical (unpaired) electrons. The van der Waals surface area contributed by atoms with E-state index in [0.29, 0.717) is 25.8 Å². The third kappa shape index (κ3) is 5.38. The zero-order valence-electron chi connectivity index (χ0n) is 12.6. The quantitative estimate of drug-likeness (QED) is 0.760. The van der Waals surface area contributed by atoms with Gasteiger partial charge in [-0.3, -0.25) is 4.90 Å². The highest BCUT2D eigenvalue weighted by Crippen LogP contribution is 2.20. The zero-order chi connectivity index (χ0) is 15.0. The van der Waals surface area contributed by atoms with Crippen LogP contribution in [0.4, 0.5) is 0 Å². The third-order valence-electron chi connectivity index (χ3n) is 3.34. The summed E-state index contributed by atoms with van der Waals surface area (Å²) in [6.07, 6.45) is 0. The van der Waals surface area contributed by atoms with Gasteiger partial charge in [-0.15, -0.1) is 0 Å². The molecule has 0 fully saturated rings. The largest absolute Gasteiger partial charge is 0.383 e. The lowest BCUT2D eigenvalue weighted by Gasteiger charge is -2.28. The summed E-state index contributed by atoms with van der Waals surface area (Å²) in [6, 6.07) is 6.31. The summed E-state index contributed by atoms with van der Waals surface area (Å²) >= 11 is 6.32. The minimum atomic E-state index is 0.306. The molecule has 0 saturated carbocycles. The summed E-state index contributed by atoms with van der Waals surface area (Å²) in [5, 5.41) is 0.764. The van der Waals surface area contributed by atoms with Crippen molar-refractivity contribution in [2.24, 2.45) is 5.73 Å². The molecule has 0 aliphatic heterocycles. The second-order valence-corrected chi connectivity index (χ2v) is 5.30. The Morgan fingerprint density at radius 3 is 2.60 bits per heavy atom. The second kappa shape index (κ2) is 9.32. The van der Waals surface area contributed by atoms with E-state index in [0.717, 1.165) is 29.2 Å². The predicted molar refractivity (Wildman–Crippen MR) is 83.0 cm³/mol. The summed E-state index contributed by atoms with van der Waals surface area (Å²) < 4.78 is 10.4. The van der Waals surface area contributed by atoms with E-state index in [9.17, 15) is 0 Å². The van der Waals surface area contributed by atoms with Gasteiger partial charge in [0, 0.05) is 44.9 Å². The van der Waals surface area contributed by atoms with Gasteiger partial charge in [0.1, 0.15) is 0 Å². The van der Waals surface area contributed by atoms with Gasteiger partial charge in [-0.05, 0) is 24.1 Å². The van der Waals surface area contributed by atoms with Crippen molar-refractivity contribution in [1.29, 1.82) is 0 Å². The molecule has 0 aromatic heterocycles. The maximum Gasteiger partial charge on any atom is 0.0615 e. The van der Waals surface area contributed by atoms with Crippen LogP contribution in [0.5, 0.6) is 0 Å². The van der Waals surface area contributed by atoms with Crippen molar-refractivity contribution in [2.75, 3.05) is 34.0 Å². The van der Waals surface area contributed by atoms with Gasteiger partial charge in [0.15, 0.2) is 0 Å². The molecule has 0 aliphatic rings. The summed E-state index contributed by atoms with van der Waals surface area (Å²) in [7, 11) is 3.43. The van der Waals surface area contributed by atoms with Crippen LogP contribution in [-0.2, 0) is 22.6 Å². The lowest BCUT2D eigenvalue weighted by Crippen LogP contribution is -2.38. The van der Waals surface area contributed by atoms with Crippen LogP contribution in [-0.4, -0.2) is 44.9 Å². The maximum absolute atomic E-state index is 6.32. The number of methoxy groups -OCH3 is 2. The molecule has 114 valence electrons. The Bertz CT molecular complexity index is 401. The van der Waals surface area contributed by atoms with E-state index in [-0.39, 0.29) is 0 Å². The van der Waals surface area contributed by atoms with Crippen LogP contribution >= 0.6 is 11.6 Å². The van der Waals surface area contributed by atoms with Crippen molar-refractivity contribution in [1.82, 2.24) is 4.90 Å². The molecule has 0 saturated heterocycles. The number of ether oxygens (including phenoxy) is 2. The normalized spacial score (nSPS) is 12.9. The van der Waals surface area contributed by atoms with E-state index in [1.165, 1.54) is 0 Å². The Labute approximate surface area is 126 Å². The molecule has 2 N–H and O–H groups in total. The van der Waals surface area contributed by atoms with Crippen LogP contribution in [0.1, 0.15) is 18.1 Å². The fraction of sp³-hybridized carbons (Fsp3) is 0.600. The van der Waals surface area contributed by atoms with E-state index < -0.39 is 0 Å². The minimum absolute atomic E-state index is 0.306. The van der Waals surface area contributed by atoms with Gasteiger partial charge in [-0.1, -0.05) is 23.7 Å². The molecule has 0 amide bonds. The standard InChI is InChI=1S/C15H25ClN2O2/c1-12(11-20-3)18(6-7-19-2)10-14-5-4-13(9-17)8-15(14)16/h4-5,8,12H,6-7,9-11,17H2,1-3H3. The van der Waals surface area contributed by atoms with Crippen LogP contribution in [0.25, 0.3) is 0 Å². The van der Waals surface area contributed by atoms with Gasteiger partial charge in [0.25, 0.3) is 0 Å². The Kier molecular flexibility index (Phi) is 8.11. The van der Waals surface area contributed by atoms with Crippen LogP contribution in [0.3, 0.4) is 0 Å². The molecule has 1 atom stereocenters. The number of nitrogens with zero attached hydrogens (tertiary/aromatic N) is 1. The van der Waals surface area contributed by atoms with Crippen molar-refractivity contribution in [3.8, 4) is 0 Å². The molecule has 5 heteroatoms. The third-order valence-corrected chi connectivity index (χ3v) is 3.69. The first kappa shape index (κ1) is 17.4. The average molecular weight is 301 g/mol. The Hall–Kier alpha value is -0.650. The van der Waals surface area contributed by atoms with Crippen LogP contribution in [0.2, 0.25) is 5.02 Å². The van der Waals surface area contributed by atoms with Gasteiger partial charge in [0.2, 0.25) is 0 Å². The highest BCUT2D eigenvalue weighted by Gasteiger charge is 2.15. The van der Waals surface area contributed by atoms with Crippen LogP contribution in [0, 0.1) is 0 Å². The Morgan fingerprint density at radius 2 is 2.05 bits per heavy atom. The highest BCUT2D eigenvalue weighted by molar-refractivity contribution is 6.31. The number of rotatable bonds is 9. The highest BCUT2D eigenvalue weighted by atomic mass is 35.5. The van der Waals surface area contributed by atoms with E-state index in [1.807, 2.05) is 18.2 Å². The van der Waals surface area contributed by atoms with E-state index in [4.69, 9.17) is 26.8 Å². The Balaban J connectivity index is 2.77. The second-order valence-electron chi connectivity index (χ2n) is 4.90. The first-order valence-electron chi connectivity index (χ1n) is 6.81. The number of hydrogen-bond donors (Lipinski definition) is 1. The minimum Gasteiger partial charge on any atom is -0.383 e. The number of hydrogen-bond acceptors (Lipinski definition) is 4. The van der Waals surface area contributed by atoms with Crippen molar-refractivity contribution in [3.05, 3.63) is 34.3 Å². The van der Waals surface area contributed by atoms with Gasteiger partial charge in [-0.25, -0.2) is 0 Å². The first-order valence-corrected chi connectivity index (χ1v) is 7.19. The van der Waals surface area contributed by atoms with Crippen LogP contribution in [0.15, 0.2) is 18.2 Å². The lowest BCUT2D eigenvalue weighted by atomic mass is 10.1. The average Bonchev–Trinajstić information content (AvgIpc) is 2.45. The van der Waals surface area contributed by atoms with Gasteiger partial charge < -0.3 is 15.2 Å². The fourth-order valence-electron chi connectivity index (χ4n) is 2.08. The topological polar surface area (TPSA) is 47.7 Å². The fourth-order valence-corrected chi connectivity index (χ4v) is 2.34. The molecular formula is C15H25ClN2O2. The van der Waals surface area contributed by atoms with Gasteiger partial charge >= 0.3 is 0 Å². The van der Waals surface area contributed by atoms with Gasteiger partial charge in [0.05, 0.1) is 13.2 Å². The van der Waals surface area contributed by atoms with E-state index in [2.05, 4.69) is 11.8 Å². The molecule has 0 spiro atoms. The first-order chi connectivity index (χ1) is 9.62. The molecule has 4 nitrogen and oxygen atoms in total. The summed E-state index contributed by atoms with van der Waals surface area (Å²) in [4.78, 5) is 2.30. The molecular weight excluding hydrogens is 276 g/mol. The van der Waals surface area contributed by atoms with E-state index >= 15 is 0 Å². The summed E-state index contributed by atoms with van der Waals surface area (Å²) in [6.45, 7) is 5.64. The van der Waals surface area contributed by atoms with Crippen LogP contribution < -0.4 is 5.73 Å². The monoisotopic (exact) mass is 300 g/mol. The smallest absolute Gasteiger partial charge is 0.0615 e. The molecule has 1 unspecified atom stereocenters. The molecule has 1 rings (SSSR count). The molecule has 1 aromatic rings. The number of nitrogens with two attached hydrogens (primary N) is 1. The SMILES string of the molecule is COCCN(Cc1ccc(CN)cc1Cl)C(C)COC. The van der Waals surface area contributed by atoms with Gasteiger partial charge in [-0.2, -0.15) is 0 Å².